The maximum atomic E-state index is 12.6. The van der Waals surface area contributed by atoms with E-state index in [9.17, 15) is 18.0 Å². The average molecular weight is 343 g/mol. The molecule has 122 valence electrons. The zero-order chi connectivity index (χ0) is 17.2. The Bertz CT molecular complexity index is 714. The van der Waals surface area contributed by atoms with Crippen molar-refractivity contribution in [3.05, 3.63) is 63.9 Å². The van der Waals surface area contributed by atoms with Gasteiger partial charge in [0.05, 0.1) is 11.3 Å². The Hall–Kier alpha value is -2.08. The Labute approximate surface area is 136 Å². The van der Waals surface area contributed by atoms with Crippen molar-refractivity contribution < 1.29 is 18.0 Å². The van der Waals surface area contributed by atoms with Gasteiger partial charge in [0.1, 0.15) is 5.69 Å². The number of hydrogen-bond acceptors (Lipinski definition) is 2. The number of halogens is 4. The summed E-state index contributed by atoms with van der Waals surface area (Å²) in [7, 11) is 1.58. The number of carbonyl (C=O) groups is 1. The van der Waals surface area contributed by atoms with Crippen LogP contribution in [-0.2, 0) is 12.7 Å². The van der Waals surface area contributed by atoms with Crippen LogP contribution in [0.15, 0.2) is 36.4 Å². The first kappa shape index (κ1) is 17.3. The second kappa shape index (κ2) is 6.58. The number of rotatable bonds is 3. The van der Waals surface area contributed by atoms with E-state index in [0.717, 1.165) is 17.7 Å². The number of aryl methyl sites for hydroxylation is 1. The van der Waals surface area contributed by atoms with Crippen LogP contribution in [0.3, 0.4) is 0 Å². The van der Waals surface area contributed by atoms with E-state index in [-0.39, 0.29) is 11.3 Å². The lowest BCUT2D eigenvalue weighted by Crippen LogP contribution is -2.27. The van der Waals surface area contributed by atoms with Crippen LogP contribution >= 0.6 is 11.6 Å². The van der Waals surface area contributed by atoms with Crippen LogP contribution in [0.4, 0.5) is 13.2 Å². The molecule has 0 aliphatic rings. The van der Waals surface area contributed by atoms with Gasteiger partial charge in [-0.2, -0.15) is 13.2 Å². The van der Waals surface area contributed by atoms with Crippen LogP contribution in [-0.4, -0.2) is 22.8 Å². The molecule has 0 atom stereocenters. The number of benzene rings is 1. The Morgan fingerprint density at radius 2 is 1.78 bits per heavy atom. The van der Waals surface area contributed by atoms with E-state index in [1.165, 1.54) is 11.8 Å². The third kappa shape index (κ3) is 4.22. The summed E-state index contributed by atoms with van der Waals surface area (Å²) in [6.07, 6.45) is -4.53. The van der Waals surface area contributed by atoms with Crippen LogP contribution < -0.4 is 0 Å². The number of alkyl halides is 3. The summed E-state index contributed by atoms with van der Waals surface area (Å²) < 4.78 is 37.8. The van der Waals surface area contributed by atoms with Crippen molar-refractivity contribution in [1.82, 2.24) is 9.88 Å². The third-order valence-electron chi connectivity index (χ3n) is 3.29. The molecule has 0 aliphatic carbocycles. The summed E-state index contributed by atoms with van der Waals surface area (Å²) >= 11 is 5.80. The molecule has 0 N–H and O–H groups in total. The Balaban J connectivity index is 2.17. The van der Waals surface area contributed by atoms with Gasteiger partial charge in [0.25, 0.3) is 5.91 Å². The highest BCUT2D eigenvalue weighted by atomic mass is 35.5. The molecular weight excluding hydrogens is 329 g/mol. The summed E-state index contributed by atoms with van der Waals surface area (Å²) in [5.41, 5.74) is 0.0527. The largest absolute Gasteiger partial charge is 0.433 e. The molecule has 0 fully saturated rings. The number of amides is 1. The van der Waals surface area contributed by atoms with Gasteiger partial charge in [0.15, 0.2) is 0 Å². The summed E-state index contributed by atoms with van der Waals surface area (Å²) in [5, 5.41) is 0.588. The fourth-order valence-corrected chi connectivity index (χ4v) is 2.21. The molecule has 2 aromatic rings. The normalized spacial score (nSPS) is 11.4. The molecule has 0 aliphatic heterocycles. The first-order chi connectivity index (χ1) is 10.7. The maximum absolute atomic E-state index is 12.6. The molecule has 0 unspecified atom stereocenters. The van der Waals surface area contributed by atoms with Crippen molar-refractivity contribution in [3.63, 3.8) is 0 Å². The molecule has 3 nitrogen and oxygen atoms in total. The molecule has 1 amide bonds. The SMILES string of the molecule is Cc1nc(C(F)(F)F)ccc1C(=O)N(C)Cc1ccc(Cl)cc1. The number of pyridine rings is 1. The van der Waals surface area contributed by atoms with Crippen LogP contribution in [0, 0.1) is 6.92 Å². The summed E-state index contributed by atoms with van der Waals surface area (Å²) in [5.74, 6) is -0.390. The first-order valence-electron chi connectivity index (χ1n) is 6.73. The minimum absolute atomic E-state index is 0.0489. The van der Waals surface area contributed by atoms with Crippen molar-refractivity contribution in [1.29, 1.82) is 0 Å². The Morgan fingerprint density at radius 1 is 1.17 bits per heavy atom. The van der Waals surface area contributed by atoms with Gasteiger partial charge in [-0.15, -0.1) is 0 Å². The van der Waals surface area contributed by atoms with Crippen molar-refractivity contribution in [2.24, 2.45) is 0 Å². The number of carbonyl (C=O) groups excluding carboxylic acids is 1. The van der Waals surface area contributed by atoms with Crippen molar-refractivity contribution >= 4 is 17.5 Å². The number of aromatic nitrogens is 1. The third-order valence-corrected chi connectivity index (χ3v) is 3.54. The van der Waals surface area contributed by atoms with Crippen molar-refractivity contribution in [3.8, 4) is 0 Å². The van der Waals surface area contributed by atoms with E-state index < -0.39 is 17.8 Å². The molecule has 0 spiro atoms. The minimum atomic E-state index is -4.53. The molecule has 23 heavy (non-hydrogen) atoms. The van der Waals surface area contributed by atoms with E-state index in [0.29, 0.717) is 11.6 Å². The van der Waals surface area contributed by atoms with Gasteiger partial charge in [-0.05, 0) is 36.8 Å². The van der Waals surface area contributed by atoms with Gasteiger partial charge in [-0.3, -0.25) is 4.79 Å². The lowest BCUT2D eigenvalue weighted by Gasteiger charge is -2.19. The molecule has 0 saturated heterocycles. The molecule has 0 saturated carbocycles. The standard InChI is InChI=1S/C16H14ClF3N2O/c1-10-13(7-8-14(21-10)16(18,19)20)15(23)22(2)9-11-3-5-12(17)6-4-11/h3-8H,9H2,1-2H3. The molecule has 1 heterocycles. The minimum Gasteiger partial charge on any atom is -0.337 e. The smallest absolute Gasteiger partial charge is 0.337 e. The quantitative estimate of drug-likeness (QED) is 0.831. The molecule has 7 heteroatoms. The van der Waals surface area contributed by atoms with E-state index >= 15 is 0 Å². The number of nitrogens with zero attached hydrogens (tertiary/aromatic N) is 2. The van der Waals surface area contributed by atoms with Gasteiger partial charge in [0, 0.05) is 18.6 Å². The predicted molar refractivity (Wildman–Crippen MR) is 81.2 cm³/mol. The summed E-state index contributed by atoms with van der Waals surface area (Å²) in [6, 6.07) is 8.95. The van der Waals surface area contributed by atoms with Crippen LogP contribution in [0.25, 0.3) is 0 Å². The van der Waals surface area contributed by atoms with Crippen LogP contribution in [0.2, 0.25) is 5.02 Å². The molecule has 0 radical (unpaired) electrons. The zero-order valence-electron chi connectivity index (χ0n) is 12.5. The van der Waals surface area contributed by atoms with E-state index in [1.54, 1.807) is 31.3 Å². The topological polar surface area (TPSA) is 33.2 Å². The summed E-state index contributed by atoms with van der Waals surface area (Å²) in [4.78, 5) is 17.3. The highest BCUT2D eigenvalue weighted by Gasteiger charge is 2.33. The predicted octanol–water partition coefficient (Wildman–Crippen LogP) is 4.33. The van der Waals surface area contributed by atoms with Crippen molar-refractivity contribution in [2.75, 3.05) is 7.05 Å². The highest BCUT2D eigenvalue weighted by Crippen LogP contribution is 2.28. The first-order valence-corrected chi connectivity index (χ1v) is 7.11. The van der Waals surface area contributed by atoms with E-state index in [4.69, 9.17) is 11.6 Å². The molecule has 1 aromatic heterocycles. The Morgan fingerprint density at radius 3 is 2.30 bits per heavy atom. The second-order valence-electron chi connectivity index (χ2n) is 5.11. The fraction of sp³-hybridized carbons (Fsp3) is 0.250. The van der Waals surface area contributed by atoms with Gasteiger partial charge in [-0.25, -0.2) is 4.98 Å². The number of hydrogen-bond donors (Lipinski definition) is 0. The highest BCUT2D eigenvalue weighted by molar-refractivity contribution is 6.30. The van der Waals surface area contributed by atoms with Gasteiger partial charge in [0.2, 0.25) is 0 Å². The Kier molecular flexibility index (Phi) is 4.94. The van der Waals surface area contributed by atoms with Crippen molar-refractivity contribution in [2.45, 2.75) is 19.6 Å². The molecular formula is C16H14ClF3N2O. The average Bonchev–Trinajstić information content (AvgIpc) is 2.48. The maximum Gasteiger partial charge on any atom is 0.433 e. The zero-order valence-corrected chi connectivity index (χ0v) is 13.2. The fourth-order valence-electron chi connectivity index (χ4n) is 2.09. The molecule has 2 rings (SSSR count). The van der Waals surface area contributed by atoms with Gasteiger partial charge >= 0.3 is 6.18 Å². The lowest BCUT2D eigenvalue weighted by atomic mass is 10.1. The lowest BCUT2D eigenvalue weighted by molar-refractivity contribution is -0.141. The monoisotopic (exact) mass is 342 g/mol. The van der Waals surface area contributed by atoms with Gasteiger partial charge in [-0.1, -0.05) is 23.7 Å². The molecule has 1 aromatic carbocycles. The van der Waals surface area contributed by atoms with E-state index in [1.807, 2.05) is 0 Å². The second-order valence-corrected chi connectivity index (χ2v) is 5.55. The van der Waals surface area contributed by atoms with Crippen LogP contribution in [0.5, 0.6) is 0 Å². The van der Waals surface area contributed by atoms with Crippen LogP contribution in [0.1, 0.15) is 27.3 Å². The molecule has 0 bridgehead atoms. The van der Waals surface area contributed by atoms with Gasteiger partial charge < -0.3 is 4.90 Å². The summed E-state index contributed by atoms with van der Waals surface area (Å²) in [6.45, 7) is 1.70. The van der Waals surface area contributed by atoms with E-state index in [2.05, 4.69) is 4.98 Å².